The number of Topliss-reactive ketones (excluding diaryl/α,β-unsaturated/α-hetero) is 1. The maximum Gasteiger partial charge on any atom is 0.316 e. The molecule has 0 radical (unpaired) electrons. The highest BCUT2D eigenvalue weighted by atomic mass is 16.5. The van der Waals surface area contributed by atoms with Gasteiger partial charge in [-0.05, 0) is 39.0 Å². The summed E-state index contributed by atoms with van der Waals surface area (Å²) < 4.78 is 11.6. The van der Waals surface area contributed by atoms with Gasteiger partial charge in [0.15, 0.2) is 0 Å². The second kappa shape index (κ2) is 10.4. The molecule has 1 aliphatic rings. The van der Waals surface area contributed by atoms with Crippen molar-refractivity contribution in [2.75, 3.05) is 14.2 Å². The molecule has 0 bridgehead atoms. The van der Waals surface area contributed by atoms with Crippen LogP contribution in [0.4, 0.5) is 0 Å². The molecule has 7 atom stereocenters. The van der Waals surface area contributed by atoms with Crippen LogP contribution in [0.15, 0.2) is 4.99 Å². The summed E-state index contributed by atoms with van der Waals surface area (Å²) in [4.78, 5) is 30.3. The summed E-state index contributed by atoms with van der Waals surface area (Å²) >= 11 is 0. The van der Waals surface area contributed by atoms with E-state index < -0.39 is 35.1 Å². The van der Waals surface area contributed by atoms with E-state index in [1.165, 1.54) is 0 Å². The first-order chi connectivity index (χ1) is 13.8. The summed E-state index contributed by atoms with van der Waals surface area (Å²) in [5.74, 6) is -2.02. The third-order valence-electron chi connectivity index (χ3n) is 7.16. The molecule has 1 fully saturated rings. The van der Waals surface area contributed by atoms with Gasteiger partial charge in [0.2, 0.25) is 0 Å². The number of methoxy groups -OCH3 is 1. The summed E-state index contributed by atoms with van der Waals surface area (Å²) in [6, 6.07) is 0. The van der Waals surface area contributed by atoms with Gasteiger partial charge in [0, 0.05) is 37.1 Å². The number of carbonyl (C=O) groups excluding carboxylic acids is 2. The number of aliphatic imine (C=N–C) groups is 1. The molecule has 0 aromatic carbocycles. The Labute approximate surface area is 182 Å². The molecule has 1 N–H and O–H groups in total. The number of cyclic esters (lactones) is 1. The Kier molecular flexibility index (Phi) is 9.24. The molecular formula is C24H43NO5. The van der Waals surface area contributed by atoms with E-state index in [-0.39, 0.29) is 23.5 Å². The van der Waals surface area contributed by atoms with E-state index >= 15 is 0 Å². The van der Waals surface area contributed by atoms with Gasteiger partial charge < -0.3 is 14.6 Å². The van der Waals surface area contributed by atoms with E-state index in [4.69, 9.17) is 9.47 Å². The van der Waals surface area contributed by atoms with E-state index in [1.807, 2.05) is 41.5 Å². The number of ether oxygens (including phenoxy) is 2. The summed E-state index contributed by atoms with van der Waals surface area (Å²) in [5, 5.41) is 11.3. The minimum Gasteiger partial charge on any atom is -0.461 e. The molecule has 0 aromatic rings. The zero-order chi connectivity index (χ0) is 23.4. The van der Waals surface area contributed by atoms with Gasteiger partial charge in [-0.3, -0.25) is 14.6 Å². The lowest BCUT2D eigenvalue weighted by atomic mass is 9.70. The number of rotatable bonds is 2. The molecule has 1 heterocycles. The number of hydrogen-bond acceptors (Lipinski definition) is 6. The molecule has 0 amide bonds. The molecule has 6 nitrogen and oxygen atoms in total. The average molecular weight is 426 g/mol. The van der Waals surface area contributed by atoms with Gasteiger partial charge in [-0.2, -0.15) is 0 Å². The van der Waals surface area contributed by atoms with Crippen molar-refractivity contribution >= 4 is 17.5 Å². The largest absolute Gasteiger partial charge is 0.461 e. The Morgan fingerprint density at radius 2 is 1.63 bits per heavy atom. The lowest BCUT2D eigenvalue weighted by molar-refractivity contribution is -0.168. The molecule has 0 spiro atoms. The molecule has 0 saturated carbocycles. The molecule has 3 unspecified atom stereocenters. The van der Waals surface area contributed by atoms with Gasteiger partial charge in [0.1, 0.15) is 17.8 Å². The number of carbonyl (C=O) groups is 2. The molecular weight excluding hydrogens is 382 g/mol. The second-order valence-electron chi connectivity index (χ2n) is 10.0. The second-order valence-corrected chi connectivity index (χ2v) is 10.0. The smallest absolute Gasteiger partial charge is 0.316 e. The van der Waals surface area contributed by atoms with Gasteiger partial charge in [0.25, 0.3) is 0 Å². The van der Waals surface area contributed by atoms with Gasteiger partial charge in [-0.25, -0.2) is 0 Å². The van der Waals surface area contributed by atoms with Crippen LogP contribution in [0, 0.1) is 29.1 Å². The van der Waals surface area contributed by atoms with Crippen LogP contribution in [0.2, 0.25) is 0 Å². The van der Waals surface area contributed by atoms with Crippen LogP contribution >= 0.6 is 0 Å². The topological polar surface area (TPSA) is 85.2 Å². The molecule has 0 aliphatic carbocycles. The fourth-order valence-corrected chi connectivity index (χ4v) is 5.17. The Bertz CT molecular complexity index is 644. The fraction of sp³-hybridized carbons (Fsp3) is 0.875. The fourth-order valence-electron chi connectivity index (χ4n) is 5.17. The maximum absolute atomic E-state index is 13.0. The van der Waals surface area contributed by atoms with Crippen molar-refractivity contribution < 1.29 is 24.2 Å². The molecule has 1 aliphatic heterocycles. The van der Waals surface area contributed by atoms with Crippen LogP contribution in [0.3, 0.4) is 0 Å². The van der Waals surface area contributed by atoms with Crippen molar-refractivity contribution in [2.24, 2.45) is 34.1 Å². The lowest BCUT2D eigenvalue weighted by Gasteiger charge is -2.42. The van der Waals surface area contributed by atoms with Crippen LogP contribution < -0.4 is 0 Å². The van der Waals surface area contributed by atoms with E-state index in [1.54, 1.807) is 21.1 Å². The minimum absolute atomic E-state index is 0.0608. The first-order valence-electron chi connectivity index (χ1n) is 11.2. The van der Waals surface area contributed by atoms with Crippen molar-refractivity contribution in [3.63, 3.8) is 0 Å². The van der Waals surface area contributed by atoms with Gasteiger partial charge >= 0.3 is 5.97 Å². The van der Waals surface area contributed by atoms with Gasteiger partial charge in [-0.15, -0.1) is 0 Å². The highest BCUT2D eigenvalue weighted by molar-refractivity contribution is 5.99. The Balaban J connectivity index is 3.48. The SMILES string of the molecule is CC[C@H]1OC(=O)C(C)C(=O)[C@H](C)C[C@](C)(OC)C[C@@H](C)C(=NC)C(C)C(O)C1(C)C. The van der Waals surface area contributed by atoms with Crippen molar-refractivity contribution in [3.8, 4) is 0 Å². The quantitative estimate of drug-likeness (QED) is 0.532. The zero-order valence-electron chi connectivity index (χ0n) is 20.6. The molecule has 1 rings (SSSR count). The van der Waals surface area contributed by atoms with Gasteiger partial charge in [0.05, 0.1) is 11.7 Å². The van der Waals surface area contributed by atoms with E-state index in [0.29, 0.717) is 19.3 Å². The van der Waals surface area contributed by atoms with Crippen LogP contribution in [0.1, 0.15) is 74.7 Å². The first kappa shape index (κ1) is 26.8. The third kappa shape index (κ3) is 5.70. The van der Waals surface area contributed by atoms with Crippen molar-refractivity contribution in [3.05, 3.63) is 0 Å². The predicted octanol–water partition coefficient (Wildman–Crippen LogP) is 4.08. The normalized spacial score (nSPS) is 40.7. The molecule has 30 heavy (non-hydrogen) atoms. The minimum atomic E-state index is -0.853. The number of aliphatic hydroxyl groups excluding tert-OH is 1. The summed E-state index contributed by atoms with van der Waals surface area (Å²) in [7, 11) is 3.40. The summed E-state index contributed by atoms with van der Waals surface area (Å²) in [5.41, 5.74) is -0.350. The van der Waals surface area contributed by atoms with E-state index in [9.17, 15) is 14.7 Å². The van der Waals surface area contributed by atoms with Gasteiger partial charge in [-0.1, -0.05) is 41.5 Å². The standard InChI is InChI=1S/C24H43NO5/c1-11-18-23(6,7)21(27)16(4)19(25-9)14(2)12-24(8,29-10)13-15(3)20(26)17(5)22(28)30-18/h14-18,21,27H,11-13H2,1-10H3/t14-,15-,16?,17?,18-,21?,24-/m1/s1. The number of aliphatic hydroxyl groups is 1. The monoisotopic (exact) mass is 425 g/mol. The number of esters is 1. The highest BCUT2D eigenvalue weighted by Crippen LogP contribution is 2.38. The molecule has 1 saturated heterocycles. The van der Waals surface area contributed by atoms with Crippen LogP contribution in [-0.2, 0) is 19.1 Å². The van der Waals surface area contributed by atoms with E-state index in [0.717, 1.165) is 5.71 Å². The van der Waals surface area contributed by atoms with Crippen LogP contribution in [0.5, 0.6) is 0 Å². The number of hydrogen-bond donors (Lipinski definition) is 1. The van der Waals surface area contributed by atoms with Crippen molar-refractivity contribution in [2.45, 2.75) is 92.5 Å². The van der Waals surface area contributed by atoms with Crippen LogP contribution in [-0.4, -0.2) is 54.5 Å². The molecule has 6 heteroatoms. The highest BCUT2D eigenvalue weighted by Gasteiger charge is 2.45. The number of nitrogens with zero attached hydrogens (tertiary/aromatic N) is 1. The lowest BCUT2D eigenvalue weighted by Crippen LogP contribution is -2.49. The molecule has 0 aromatic heterocycles. The molecule has 174 valence electrons. The van der Waals surface area contributed by atoms with Crippen molar-refractivity contribution in [1.29, 1.82) is 0 Å². The van der Waals surface area contributed by atoms with E-state index in [2.05, 4.69) is 11.9 Å². The zero-order valence-corrected chi connectivity index (χ0v) is 20.6. The summed E-state index contributed by atoms with van der Waals surface area (Å²) in [6.07, 6.45) is 0.448. The third-order valence-corrected chi connectivity index (χ3v) is 7.16. The van der Waals surface area contributed by atoms with Crippen molar-refractivity contribution in [1.82, 2.24) is 0 Å². The first-order valence-corrected chi connectivity index (χ1v) is 11.2. The predicted molar refractivity (Wildman–Crippen MR) is 120 cm³/mol. The average Bonchev–Trinajstić information content (AvgIpc) is 2.69. The Morgan fingerprint density at radius 1 is 1.10 bits per heavy atom. The number of ketones is 1. The van der Waals surface area contributed by atoms with Crippen LogP contribution in [0.25, 0.3) is 0 Å². The Morgan fingerprint density at radius 3 is 2.10 bits per heavy atom. The maximum atomic E-state index is 13.0. The Hall–Kier alpha value is -1.27. The summed E-state index contributed by atoms with van der Waals surface area (Å²) in [6.45, 7) is 15.3.